The molecule has 1 unspecified atom stereocenters. The first-order chi connectivity index (χ1) is 8.69. The van der Waals surface area contributed by atoms with Crippen LogP contribution in [0.4, 0.5) is 0 Å². The van der Waals surface area contributed by atoms with Gasteiger partial charge < -0.3 is 4.90 Å². The summed E-state index contributed by atoms with van der Waals surface area (Å²) >= 11 is 0. The van der Waals surface area contributed by atoms with Gasteiger partial charge in [0.2, 0.25) is 5.96 Å². The van der Waals surface area contributed by atoms with E-state index in [1.165, 1.54) is 12.8 Å². The lowest BCUT2D eigenvalue weighted by atomic mass is 10.1. The van der Waals surface area contributed by atoms with Crippen LogP contribution < -0.4 is 0 Å². The first-order valence-electron chi connectivity index (χ1n) is 7.43. The number of hydrogen-bond donors (Lipinski definition) is 0. The maximum Gasteiger partial charge on any atom is 0.219 e. The van der Waals surface area contributed by atoms with Crippen LogP contribution in [0.2, 0.25) is 0 Å². The highest BCUT2D eigenvalue weighted by Crippen LogP contribution is 2.09. The van der Waals surface area contributed by atoms with Crippen LogP contribution in [-0.2, 0) is 0 Å². The summed E-state index contributed by atoms with van der Waals surface area (Å²) in [6.45, 7) is 11.1. The number of nitrogens with zero attached hydrogens (tertiary/aromatic N) is 3. The molecule has 0 aliphatic carbocycles. The largest absolute Gasteiger partial charge is 0.341 e. The lowest BCUT2D eigenvalue weighted by molar-refractivity contribution is 0.363. The highest BCUT2D eigenvalue weighted by atomic mass is 15.3. The van der Waals surface area contributed by atoms with E-state index < -0.39 is 0 Å². The van der Waals surface area contributed by atoms with E-state index in [2.05, 4.69) is 42.6 Å². The molecule has 18 heavy (non-hydrogen) atoms. The van der Waals surface area contributed by atoms with Gasteiger partial charge >= 0.3 is 0 Å². The summed E-state index contributed by atoms with van der Waals surface area (Å²) in [7, 11) is 1.84. The Labute approximate surface area is 113 Å². The molecule has 0 heterocycles. The minimum atomic E-state index is 0.780. The Morgan fingerprint density at radius 3 is 2.39 bits per heavy atom. The topological polar surface area (TPSA) is 28.0 Å². The molecule has 3 heteroatoms. The van der Waals surface area contributed by atoms with E-state index in [1.54, 1.807) is 0 Å². The first-order valence-corrected chi connectivity index (χ1v) is 7.43. The number of rotatable bonds is 8. The summed E-state index contributed by atoms with van der Waals surface area (Å²) in [6.07, 6.45) is 7.78. The molecule has 0 aromatic heterocycles. The average Bonchev–Trinajstić information content (AvgIpc) is 2.39. The van der Waals surface area contributed by atoms with Crippen molar-refractivity contribution in [1.29, 1.82) is 0 Å². The SMILES string of the molecule is CCC/C=N\C(=NC)N(CCC)CCC(C)CC. The molecule has 0 saturated heterocycles. The van der Waals surface area contributed by atoms with Gasteiger partial charge in [-0.1, -0.05) is 40.5 Å². The average molecular weight is 253 g/mol. The molecule has 0 N–H and O–H groups in total. The Bertz CT molecular complexity index is 246. The zero-order valence-corrected chi connectivity index (χ0v) is 12.9. The number of hydrogen-bond acceptors (Lipinski definition) is 1. The monoisotopic (exact) mass is 253 g/mol. The fraction of sp³-hybridized carbons (Fsp3) is 0.867. The maximum atomic E-state index is 4.51. The predicted octanol–water partition coefficient (Wildman–Crippen LogP) is 3.99. The van der Waals surface area contributed by atoms with E-state index in [0.29, 0.717) is 0 Å². The predicted molar refractivity (Wildman–Crippen MR) is 82.7 cm³/mol. The van der Waals surface area contributed by atoms with Crippen molar-refractivity contribution in [3.63, 3.8) is 0 Å². The molecule has 0 bridgehead atoms. The highest BCUT2D eigenvalue weighted by Gasteiger charge is 2.09. The van der Waals surface area contributed by atoms with Crippen molar-refractivity contribution in [3.8, 4) is 0 Å². The van der Waals surface area contributed by atoms with Gasteiger partial charge in [0.25, 0.3) is 0 Å². The van der Waals surface area contributed by atoms with Gasteiger partial charge in [0.15, 0.2) is 0 Å². The van der Waals surface area contributed by atoms with Gasteiger partial charge in [-0.15, -0.1) is 0 Å². The second kappa shape index (κ2) is 11.2. The molecule has 0 radical (unpaired) electrons. The normalized spacial score (nSPS) is 14.2. The van der Waals surface area contributed by atoms with E-state index in [0.717, 1.165) is 44.2 Å². The number of unbranched alkanes of at least 4 members (excludes halogenated alkanes) is 1. The second-order valence-electron chi connectivity index (χ2n) is 4.91. The minimum absolute atomic E-state index is 0.780. The smallest absolute Gasteiger partial charge is 0.219 e. The Morgan fingerprint density at radius 1 is 1.17 bits per heavy atom. The summed E-state index contributed by atoms with van der Waals surface area (Å²) in [6, 6.07) is 0. The van der Waals surface area contributed by atoms with Gasteiger partial charge in [0.05, 0.1) is 0 Å². The molecule has 0 spiro atoms. The van der Waals surface area contributed by atoms with Gasteiger partial charge in [0, 0.05) is 26.4 Å². The first kappa shape index (κ1) is 17.1. The zero-order valence-electron chi connectivity index (χ0n) is 12.9. The molecule has 0 aromatic carbocycles. The molecular weight excluding hydrogens is 222 g/mol. The standard InChI is InChI=1S/C15H31N3/c1-6-9-11-17-15(16-5)18(12-7-2)13-10-14(4)8-3/h11,14H,6-10,12-13H2,1-5H3/b16-15?,17-11-. The van der Waals surface area contributed by atoms with Crippen molar-refractivity contribution in [2.24, 2.45) is 15.9 Å². The van der Waals surface area contributed by atoms with Crippen LogP contribution in [0.5, 0.6) is 0 Å². The molecule has 1 atom stereocenters. The molecule has 0 amide bonds. The highest BCUT2D eigenvalue weighted by molar-refractivity contribution is 5.87. The molecule has 0 aliphatic heterocycles. The second-order valence-corrected chi connectivity index (χ2v) is 4.91. The third-order valence-electron chi connectivity index (χ3n) is 3.19. The van der Waals surface area contributed by atoms with Gasteiger partial charge in [-0.25, -0.2) is 4.99 Å². The van der Waals surface area contributed by atoms with Crippen molar-refractivity contribution in [1.82, 2.24) is 4.90 Å². The third-order valence-corrected chi connectivity index (χ3v) is 3.19. The minimum Gasteiger partial charge on any atom is -0.341 e. The molecule has 0 aromatic rings. The zero-order chi connectivity index (χ0) is 13.8. The van der Waals surface area contributed by atoms with Crippen molar-refractivity contribution in [3.05, 3.63) is 0 Å². The Kier molecular flexibility index (Phi) is 10.7. The fourth-order valence-corrected chi connectivity index (χ4v) is 1.72. The summed E-state index contributed by atoms with van der Waals surface area (Å²) < 4.78 is 0. The molecule has 3 nitrogen and oxygen atoms in total. The molecule has 106 valence electrons. The van der Waals surface area contributed by atoms with E-state index in [9.17, 15) is 0 Å². The summed E-state index contributed by atoms with van der Waals surface area (Å²) in [4.78, 5) is 11.2. The summed E-state index contributed by atoms with van der Waals surface area (Å²) in [5.74, 6) is 1.68. The lowest BCUT2D eigenvalue weighted by Crippen LogP contribution is -2.32. The summed E-state index contributed by atoms with van der Waals surface area (Å²) in [5, 5.41) is 0. The van der Waals surface area contributed by atoms with Crippen LogP contribution in [0, 0.1) is 5.92 Å². The molecule has 0 saturated carbocycles. The Balaban J connectivity index is 4.43. The van der Waals surface area contributed by atoms with Crippen LogP contribution >= 0.6 is 0 Å². The van der Waals surface area contributed by atoms with Crippen LogP contribution in [-0.4, -0.2) is 37.2 Å². The van der Waals surface area contributed by atoms with E-state index in [4.69, 9.17) is 0 Å². The van der Waals surface area contributed by atoms with E-state index >= 15 is 0 Å². The van der Waals surface area contributed by atoms with Gasteiger partial charge in [-0.2, -0.15) is 0 Å². The number of aliphatic imine (C=N–C) groups is 2. The van der Waals surface area contributed by atoms with Crippen molar-refractivity contribution < 1.29 is 0 Å². The van der Waals surface area contributed by atoms with Crippen LogP contribution in [0.1, 0.15) is 59.8 Å². The van der Waals surface area contributed by atoms with Crippen molar-refractivity contribution in [2.45, 2.75) is 59.8 Å². The molecule has 0 rings (SSSR count). The van der Waals surface area contributed by atoms with E-state index in [1.807, 2.05) is 13.3 Å². The fourth-order valence-electron chi connectivity index (χ4n) is 1.72. The molecule has 0 aliphatic rings. The van der Waals surface area contributed by atoms with E-state index in [-0.39, 0.29) is 0 Å². The van der Waals surface area contributed by atoms with Crippen molar-refractivity contribution in [2.75, 3.05) is 20.1 Å². The van der Waals surface area contributed by atoms with Gasteiger partial charge in [-0.3, -0.25) is 4.99 Å². The molecule has 0 fully saturated rings. The molecular formula is C15H31N3. The van der Waals surface area contributed by atoms with Gasteiger partial charge in [-0.05, 0) is 25.2 Å². The maximum absolute atomic E-state index is 4.51. The Morgan fingerprint density at radius 2 is 1.89 bits per heavy atom. The summed E-state index contributed by atoms with van der Waals surface area (Å²) in [5.41, 5.74) is 0. The third kappa shape index (κ3) is 7.46. The van der Waals surface area contributed by atoms with Gasteiger partial charge in [0.1, 0.15) is 0 Å². The van der Waals surface area contributed by atoms with Crippen LogP contribution in [0.15, 0.2) is 9.98 Å². The van der Waals surface area contributed by atoms with Crippen LogP contribution in [0.3, 0.4) is 0 Å². The Hall–Kier alpha value is -0.860. The lowest BCUT2D eigenvalue weighted by Gasteiger charge is -2.24. The van der Waals surface area contributed by atoms with Crippen LogP contribution in [0.25, 0.3) is 0 Å². The number of guanidine groups is 1. The van der Waals surface area contributed by atoms with Crippen molar-refractivity contribution >= 4 is 12.2 Å². The quantitative estimate of drug-likeness (QED) is 0.475.